The van der Waals surface area contributed by atoms with Crippen LogP contribution in [0.4, 0.5) is 11.4 Å². The van der Waals surface area contributed by atoms with Crippen LogP contribution in [0.1, 0.15) is 89.2 Å². The summed E-state index contributed by atoms with van der Waals surface area (Å²) < 4.78 is 0. The monoisotopic (exact) mass is 588 g/mol. The smallest absolute Gasteiger partial charge is 0.336 e. The van der Waals surface area contributed by atoms with E-state index in [9.17, 15) is 43.8 Å². The number of ketones is 1. The molecule has 4 aromatic rings. The zero-order valence-corrected chi connectivity index (χ0v) is 23.1. The van der Waals surface area contributed by atoms with Crippen molar-refractivity contribution in [1.29, 1.82) is 0 Å². The molecule has 0 aliphatic carbocycles. The zero-order valence-electron chi connectivity index (χ0n) is 23.1. The van der Waals surface area contributed by atoms with Crippen molar-refractivity contribution in [2.45, 2.75) is 13.8 Å². The lowest BCUT2D eigenvalue weighted by atomic mass is 9.96. The summed E-state index contributed by atoms with van der Waals surface area (Å²) in [5.74, 6) is -5.80. The highest BCUT2D eigenvalue weighted by atomic mass is 16.4. The van der Waals surface area contributed by atoms with Crippen LogP contribution in [-0.4, -0.2) is 51.6 Å². The molecule has 0 atom stereocenters. The van der Waals surface area contributed by atoms with Crippen molar-refractivity contribution in [3.05, 3.63) is 128 Å². The molecule has 0 aromatic heterocycles. The SMILES string of the molecule is Cc1c(C(=O)O)cccc1N1C(=O)c2ccc(C(=O)c3ccc4c(c3)C(=O)N(c3cccc(C(=O)O)c3C)C4=O)cc2C1=O. The number of aromatic carboxylic acids is 2. The van der Waals surface area contributed by atoms with E-state index < -0.39 is 41.4 Å². The first-order chi connectivity index (χ1) is 20.9. The Bertz CT molecular complexity index is 1920. The van der Waals surface area contributed by atoms with Crippen LogP contribution in [-0.2, 0) is 0 Å². The van der Waals surface area contributed by atoms with Crippen LogP contribution >= 0.6 is 0 Å². The van der Waals surface area contributed by atoms with E-state index in [-0.39, 0.29) is 67.0 Å². The number of anilines is 2. The van der Waals surface area contributed by atoms with Crippen molar-refractivity contribution in [3.63, 3.8) is 0 Å². The van der Waals surface area contributed by atoms with Gasteiger partial charge in [0.25, 0.3) is 23.6 Å². The van der Waals surface area contributed by atoms with E-state index >= 15 is 0 Å². The highest BCUT2D eigenvalue weighted by Crippen LogP contribution is 2.35. The average Bonchev–Trinajstić information content (AvgIpc) is 3.40. The molecule has 11 heteroatoms. The van der Waals surface area contributed by atoms with Crippen molar-refractivity contribution < 1.29 is 43.8 Å². The van der Waals surface area contributed by atoms with Gasteiger partial charge in [0.2, 0.25) is 0 Å². The molecule has 2 aliphatic rings. The maximum Gasteiger partial charge on any atom is 0.336 e. The van der Waals surface area contributed by atoms with Gasteiger partial charge in [0.05, 0.1) is 44.8 Å². The van der Waals surface area contributed by atoms with Gasteiger partial charge in [-0.25, -0.2) is 19.4 Å². The van der Waals surface area contributed by atoms with Gasteiger partial charge in [-0.05, 0) is 73.5 Å². The lowest BCUT2D eigenvalue weighted by Crippen LogP contribution is -2.30. The molecule has 2 aliphatic heterocycles. The lowest BCUT2D eigenvalue weighted by molar-refractivity contribution is 0.0685. The number of rotatable bonds is 6. The Morgan fingerprint density at radius 2 is 0.886 bits per heavy atom. The molecular weight excluding hydrogens is 568 g/mol. The molecule has 0 bridgehead atoms. The van der Waals surface area contributed by atoms with E-state index in [2.05, 4.69) is 0 Å². The molecule has 216 valence electrons. The highest BCUT2D eigenvalue weighted by molar-refractivity contribution is 6.36. The Morgan fingerprint density at radius 3 is 1.25 bits per heavy atom. The molecule has 0 saturated heterocycles. The number of carboxylic acid groups (broad SMARTS) is 2. The minimum atomic E-state index is -1.21. The summed E-state index contributed by atoms with van der Waals surface area (Å²) >= 11 is 0. The lowest BCUT2D eigenvalue weighted by Gasteiger charge is -2.17. The maximum absolute atomic E-state index is 13.5. The van der Waals surface area contributed by atoms with Crippen LogP contribution < -0.4 is 9.80 Å². The van der Waals surface area contributed by atoms with Crippen molar-refractivity contribution in [1.82, 2.24) is 0 Å². The summed E-state index contributed by atoms with van der Waals surface area (Å²) in [6.45, 7) is 2.98. The van der Waals surface area contributed by atoms with Gasteiger partial charge in [-0.1, -0.05) is 24.3 Å². The molecule has 4 aromatic carbocycles. The number of imide groups is 2. The van der Waals surface area contributed by atoms with Gasteiger partial charge in [0.15, 0.2) is 5.78 Å². The van der Waals surface area contributed by atoms with Crippen LogP contribution in [0.15, 0.2) is 72.8 Å². The summed E-state index contributed by atoms with van der Waals surface area (Å²) in [6, 6.07) is 16.4. The average molecular weight is 589 g/mol. The molecule has 2 heterocycles. The summed E-state index contributed by atoms with van der Waals surface area (Å²) in [6.07, 6.45) is 0. The Kier molecular flexibility index (Phi) is 6.31. The molecule has 0 spiro atoms. The van der Waals surface area contributed by atoms with Gasteiger partial charge in [0, 0.05) is 11.1 Å². The van der Waals surface area contributed by atoms with Crippen LogP contribution in [0, 0.1) is 13.8 Å². The fraction of sp³-hybridized carbons (Fsp3) is 0.0606. The largest absolute Gasteiger partial charge is 0.478 e. The number of carboxylic acids is 2. The van der Waals surface area contributed by atoms with Crippen molar-refractivity contribution >= 4 is 52.7 Å². The Labute approximate surface area is 248 Å². The van der Waals surface area contributed by atoms with Gasteiger partial charge >= 0.3 is 11.9 Å². The molecule has 0 fully saturated rings. The molecule has 0 radical (unpaired) electrons. The van der Waals surface area contributed by atoms with Crippen molar-refractivity contribution in [2.75, 3.05) is 9.80 Å². The summed E-state index contributed by atoms with van der Waals surface area (Å²) in [4.78, 5) is 91.5. The van der Waals surface area contributed by atoms with E-state index in [0.29, 0.717) is 0 Å². The Morgan fingerprint density at radius 1 is 0.523 bits per heavy atom. The van der Waals surface area contributed by atoms with Crippen LogP contribution in [0.25, 0.3) is 0 Å². The number of hydrogen-bond donors (Lipinski definition) is 2. The fourth-order valence-corrected chi connectivity index (χ4v) is 5.56. The zero-order chi connectivity index (χ0) is 31.6. The second-order valence-corrected chi connectivity index (χ2v) is 10.3. The van der Waals surface area contributed by atoms with Crippen LogP contribution in [0.5, 0.6) is 0 Å². The molecule has 44 heavy (non-hydrogen) atoms. The van der Waals surface area contributed by atoms with Gasteiger partial charge in [-0.3, -0.25) is 24.0 Å². The predicted molar refractivity (Wildman–Crippen MR) is 155 cm³/mol. The van der Waals surface area contributed by atoms with Gasteiger partial charge in [-0.15, -0.1) is 0 Å². The van der Waals surface area contributed by atoms with Gasteiger partial charge in [-0.2, -0.15) is 0 Å². The van der Waals surface area contributed by atoms with E-state index in [4.69, 9.17) is 0 Å². The molecule has 6 rings (SSSR count). The molecule has 4 amide bonds. The third kappa shape index (κ3) is 4.02. The molecule has 0 saturated carbocycles. The van der Waals surface area contributed by atoms with Crippen LogP contribution in [0.2, 0.25) is 0 Å². The van der Waals surface area contributed by atoms with Crippen molar-refractivity contribution in [3.8, 4) is 0 Å². The molecule has 2 N–H and O–H groups in total. The molecule has 0 unspecified atom stereocenters. The Balaban J connectivity index is 1.33. The first-order valence-electron chi connectivity index (χ1n) is 13.2. The number of fused-ring (bicyclic) bond motifs is 2. The quantitative estimate of drug-likeness (QED) is 0.243. The maximum atomic E-state index is 13.5. The normalized spacial score (nSPS) is 13.8. The molecule has 11 nitrogen and oxygen atoms in total. The Hall–Kier alpha value is -6.23. The summed E-state index contributed by atoms with van der Waals surface area (Å²) in [5.41, 5.74) is 0.602. The number of benzene rings is 4. The minimum Gasteiger partial charge on any atom is -0.478 e. The summed E-state index contributed by atoms with van der Waals surface area (Å²) in [5, 5.41) is 18.9. The standard InChI is InChI=1S/C33H20N2O9/c1-15-19(32(41)42)5-3-7-25(15)34-28(37)21-11-9-17(13-23(21)30(34)39)27(36)18-10-12-22-24(14-18)31(40)35(29(22)38)26-8-4-6-20(16(26)2)33(43)44/h3-14H,1-2H3,(H,41,42)(H,43,44). The van der Waals surface area contributed by atoms with Crippen LogP contribution in [0.3, 0.4) is 0 Å². The topological polar surface area (TPSA) is 166 Å². The summed E-state index contributed by atoms with van der Waals surface area (Å²) in [7, 11) is 0. The minimum absolute atomic E-state index is 0.0380. The third-order valence-electron chi connectivity index (χ3n) is 7.85. The van der Waals surface area contributed by atoms with E-state index in [0.717, 1.165) is 9.80 Å². The second-order valence-electron chi connectivity index (χ2n) is 10.3. The third-order valence-corrected chi connectivity index (χ3v) is 7.85. The fourth-order valence-electron chi connectivity index (χ4n) is 5.56. The second kappa shape index (κ2) is 9.95. The van der Waals surface area contributed by atoms with E-state index in [1.54, 1.807) is 0 Å². The van der Waals surface area contributed by atoms with Gasteiger partial charge < -0.3 is 10.2 Å². The molecular formula is C33H20N2O9. The van der Waals surface area contributed by atoms with Gasteiger partial charge in [0.1, 0.15) is 0 Å². The van der Waals surface area contributed by atoms with E-state index in [1.165, 1.54) is 86.6 Å². The number of nitrogens with zero attached hydrogens (tertiary/aromatic N) is 2. The number of amides is 4. The number of carbonyl (C=O) groups is 7. The predicted octanol–water partition coefficient (Wildman–Crippen LogP) is 4.53. The first kappa shape index (κ1) is 27.9. The number of hydrogen-bond acceptors (Lipinski definition) is 7. The number of carbonyl (C=O) groups excluding carboxylic acids is 5. The highest BCUT2D eigenvalue weighted by Gasteiger charge is 2.40. The van der Waals surface area contributed by atoms with Crippen molar-refractivity contribution in [2.24, 2.45) is 0 Å². The van der Waals surface area contributed by atoms with E-state index in [1.807, 2.05) is 0 Å². The first-order valence-corrected chi connectivity index (χ1v) is 13.2.